The molecule has 2 aromatic heterocycles. The molecule has 0 radical (unpaired) electrons. The lowest BCUT2D eigenvalue weighted by Crippen LogP contribution is -2.33. The van der Waals surface area contributed by atoms with Crippen molar-refractivity contribution < 1.29 is 14.3 Å². The number of carbonyl (C=O) groups is 1. The van der Waals surface area contributed by atoms with Crippen LogP contribution in [0.25, 0.3) is 16.6 Å². The molecule has 0 atom stereocenters. The van der Waals surface area contributed by atoms with Gasteiger partial charge in [-0.25, -0.2) is 4.39 Å². The lowest BCUT2D eigenvalue weighted by Gasteiger charge is -2.25. The van der Waals surface area contributed by atoms with E-state index in [1.54, 1.807) is 30.4 Å². The highest BCUT2D eigenvalue weighted by Crippen LogP contribution is 2.38. The lowest BCUT2D eigenvalue weighted by molar-refractivity contribution is 0.0754. The minimum atomic E-state index is -0.435. The van der Waals surface area contributed by atoms with Crippen LogP contribution in [0.15, 0.2) is 42.9 Å². The van der Waals surface area contributed by atoms with Crippen LogP contribution in [-0.2, 0) is 0 Å². The summed E-state index contributed by atoms with van der Waals surface area (Å²) in [6.45, 7) is 3.86. The Kier molecular flexibility index (Phi) is 5.60. The van der Waals surface area contributed by atoms with Gasteiger partial charge in [0.05, 0.1) is 29.1 Å². The highest BCUT2D eigenvalue weighted by atomic mass is 19.1. The van der Waals surface area contributed by atoms with Crippen molar-refractivity contribution in [2.75, 3.05) is 7.05 Å². The summed E-state index contributed by atoms with van der Waals surface area (Å²) in [5, 5.41) is 11.0. The maximum atomic E-state index is 14.1. The molecular formula is C24H28FN3O2. The standard InChI is InChI=1S/C24H28FN3O2/c1-15(2)27(3)24(30)20-12-17(25)6-9-22(20)28-14-21(16-4-7-18(29)8-5-16)19-10-11-26-13-23(19)28/h6,9-16,18,29H,4-5,7-8H2,1-3H3/t16-,18-. The van der Waals surface area contributed by atoms with Gasteiger partial charge in [-0.1, -0.05) is 0 Å². The summed E-state index contributed by atoms with van der Waals surface area (Å²) >= 11 is 0. The molecule has 158 valence electrons. The topological polar surface area (TPSA) is 58.4 Å². The van der Waals surface area contributed by atoms with Gasteiger partial charge in [-0.3, -0.25) is 9.78 Å². The van der Waals surface area contributed by atoms with Gasteiger partial charge in [-0.15, -0.1) is 0 Å². The van der Waals surface area contributed by atoms with E-state index in [9.17, 15) is 14.3 Å². The molecule has 0 bridgehead atoms. The SMILES string of the molecule is CC(C)N(C)C(=O)c1cc(F)ccc1-n1cc([C@H]2CC[C@H](O)CC2)c2ccncc21. The highest BCUT2D eigenvalue weighted by molar-refractivity contribution is 5.99. The summed E-state index contributed by atoms with van der Waals surface area (Å²) in [6.07, 6.45) is 8.85. The molecular weight excluding hydrogens is 381 g/mol. The number of aliphatic hydroxyl groups is 1. The number of rotatable bonds is 4. The van der Waals surface area contributed by atoms with Gasteiger partial charge in [0.15, 0.2) is 0 Å². The van der Waals surface area contributed by atoms with Crippen molar-refractivity contribution in [2.45, 2.75) is 57.6 Å². The summed E-state index contributed by atoms with van der Waals surface area (Å²) < 4.78 is 16.1. The Morgan fingerprint density at radius 2 is 1.97 bits per heavy atom. The molecule has 0 spiro atoms. The first-order valence-electron chi connectivity index (χ1n) is 10.6. The zero-order valence-corrected chi connectivity index (χ0v) is 17.7. The van der Waals surface area contributed by atoms with E-state index in [4.69, 9.17) is 0 Å². The number of aliphatic hydroxyl groups excluding tert-OH is 1. The second-order valence-electron chi connectivity index (χ2n) is 8.52. The van der Waals surface area contributed by atoms with E-state index in [2.05, 4.69) is 11.2 Å². The minimum absolute atomic E-state index is 0.000850. The molecule has 30 heavy (non-hydrogen) atoms. The summed E-state index contributed by atoms with van der Waals surface area (Å²) in [7, 11) is 1.73. The molecule has 4 rings (SSSR count). The molecule has 1 aliphatic carbocycles. The third-order valence-electron chi connectivity index (χ3n) is 6.32. The van der Waals surface area contributed by atoms with Crippen LogP contribution in [0, 0.1) is 5.82 Å². The van der Waals surface area contributed by atoms with Crippen LogP contribution in [0.5, 0.6) is 0 Å². The van der Waals surface area contributed by atoms with E-state index in [0.29, 0.717) is 17.2 Å². The summed E-state index contributed by atoms with van der Waals surface area (Å²) in [4.78, 5) is 19.0. The Bertz CT molecular complexity index is 1070. The van der Waals surface area contributed by atoms with Crippen LogP contribution in [-0.4, -0.2) is 44.7 Å². The average molecular weight is 410 g/mol. The largest absolute Gasteiger partial charge is 0.393 e. The maximum absolute atomic E-state index is 14.1. The first-order chi connectivity index (χ1) is 14.4. The molecule has 1 fully saturated rings. The Morgan fingerprint density at radius 3 is 2.67 bits per heavy atom. The van der Waals surface area contributed by atoms with Crippen molar-refractivity contribution in [3.63, 3.8) is 0 Å². The smallest absolute Gasteiger partial charge is 0.256 e. The number of nitrogens with zero attached hydrogens (tertiary/aromatic N) is 3. The number of carbonyl (C=O) groups excluding carboxylic acids is 1. The molecule has 0 saturated heterocycles. The third-order valence-corrected chi connectivity index (χ3v) is 6.32. The molecule has 0 unspecified atom stereocenters. The van der Waals surface area contributed by atoms with Crippen molar-refractivity contribution in [1.29, 1.82) is 0 Å². The van der Waals surface area contributed by atoms with Gasteiger partial charge in [0, 0.05) is 30.9 Å². The van der Waals surface area contributed by atoms with Gasteiger partial charge in [0.1, 0.15) is 5.82 Å². The van der Waals surface area contributed by atoms with Gasteiger partial charge in [0.25, 0.3) is 5.91 Å². The van der Waals surface area contributed by atoms with Gasteiger partial charge < -0.3 is 14.6 Å². The lowest BCUT2D eigenvalue weighted by atomic mass is 9.83. The van der Waals surface area contributed by atoms with Crippen LogP contribution in [0.4, 0.5) is 4.39 Å². The van der Waals surface area contributed by atoms with E-state index < -0.39 is 5.82 Å². The van der Waals surface area contributed by atoms with Crippen molar-refractivity contribution >= 4 is 16.8 Å². The number of halogens is 1. The van der Waals surface area contributed by atoms with Gasteiger partial charge in [0.2, 0.25) is 0 Å². The molecule has 1 amide bonds. The highest BCUT2D eigenvalue weighted by Gasteiger charge is 2.26. The van der Waals surface area contributed by atoms with E-state index in [1.165, 1.54) is 17.7 Å². The Hall–Kier alpha value is -2.73. The van der Waals surface area contributed by atoms with Crippen LogP contribution >= 0.6 is 0 Å². The van der Waals surface area contributed by atoms with Gasteiger partial charge >= 0.3 is 0 Å². The number of benzene rings is 1. The van der Waals surface area contributed by atoms with Crippen LogP contribution in [0.2, 0.25) is 0 Å². The minimum Gasteiger partial charge on any atom is -0.393 e. The number of fused-ring (bicyclic) bond motifs is 1. The van der Waals surface area contributed by atoms with E-state index in [-0.39, 0.29) is 18.1 Å². The fourth-order valence-electron chi connectivity index (χ4n) is 4.33. The molecule has 1 saturated carbocycles. The van der Waals surface area contributed by atoms with E-state index in [1.807, 2.05) is 24.5 Å². The second kappa shape index (κ2) is 8.19. The predicted octanol–water partition coefficient (Wildman–Crippen LogP) is 4.66. The molecule has 3 aromatic rings. The predicted molar refractivity (Wildman–Crippen MR) is 115 cm³/mol. The first kappa shape index (κ1) is 20.5. The van der Waals surface area contributed by atoms with E-state index >= 15 is 0 Å². The van der Waals surface area contributed by atoms with Crippen molar-refractivity contribution in [2.24, 2.45) is 0 Å². The van der Waals surface area contributed by atoms with E-state index in [0.717, 1.165) is 36.6 Å². The van der Waals surface area contributed by atoms with Gasteiger partial charge in [-0.05, 0) is 75.3 Å². The third kappa shape index (κ3) is 3.72. The van der Waals surface area contributed by atoms with Crippen molar-refractivity contribution in [3.8, 4) is 5.69 Å². The molecule has 2 heterocycles. The molecule has 5 nitrogen and oxygen atoms in total. The van der Waals surface area contributed by atoms with Crippen molar-refractivity contribution in [3.05, 3.63) is 59.8 Å². The number of amides is 1. The number of hydrogen-bond acceptors (Lipinski definition) is 3. The summed E-state index contributed by atoms with van der Waals surface area (Å²) in [6, 6.07) is 6.37. The Morgan fingerprint density at radius 1 is 1.23 bits per heavy atom. The second-order valence-corrected chi connectivity index (χ2v) is 8.52. The molecule has 6 heteroatoms. The summed E-state index contributed by atoms with van der Waals surface area (Å²) in [5.41, 5.74) is 3.07. The zero-order chi connectivity index (χ0) is 21.4. The normalized spacial score (nSPS) is 19.4. The molecule has 1 aliphatic rings. The fourth-order valence-corrected chi connectivity index (χ4v) is 4.33. The Balaban J connectivity index is 1.86. The van der Waals surface area contributed by atoms with Crippen LogP contribution < -0.4 is 0 Å². The average Bonchev–Trinajstić information content (AvgIpc) is 3.12. The molecule has 1 aromatic carbocycles. The van der Waals surface area contributed by atoms with Crippen molar-refractivity contribution in [1.82, 2.24) is 14.5 Å². The molecule has 0 aliphatic heterocycles. The summed E-state index contributed by atoms with van der Waals surface area (Å²) in [5.74, 6) is -0.305. The fraction of sp³-hybridized carbons (Fsp3) is 0.417. The van der Waals surface area contributed by atoms with Crippen LogP contribution in [0.3, 0.4) is 0 Å². The first-order valence-corrected chi connectivity index (χ1v) is 10.6. The number of pyridine rings is 1. The Labute approximate surface area is 176 Å². The quantitative estimate of drug-likeness (QED) is 0.682. The maximum Gasteiger partial charge on any atom is 0.256 e. The zero-order valence-electron chi connectivity index (χ0n) is 17.7. The number of aromatic nitrogens is 2. The monoisotopic (exact) mass is 409 g/mol. The van der Waals surface area contributed by atoms with Gasteiger partial charge in [-0.2, -0.15) is 0 Å². The number of hydrogen-bond donors (Lipinski definition) is 1. The molecule has 1 N–H and O–H groups in total. The van der Waals surface area contributed by atoms with Crippen LogP contribution in [0.1, 0.15) is 61.4 Å².